The maximum absolute atomic E-state index is 16.0. The van der Waals surface area contributed by atoms with E-state index in [2.05, 4.69) is 69.4 Å². The summed E-state index contributed by atoms with van der Waals surface area (Å²) in [4.78, 5) is 38.2. The summed E-state index contributed by atoms with van der Waals surface area (Å²) in [5.41, 5.74) is 5.10. The molecule has 2 aliphatic heterocycles. The van der Waals surface area contributed by atoms with E-state index in [1.54, 1.807) is 48.0 Å². The van der Waals surface area contributed by atoms with Gasteiger partial charge in [-0.05, 0) is 95.8 Å². The van der Waals surface area contributed by atoms with Crippen molar-refractivity contribution in [1.29, 1.82) is 0 Å². The van der Waals surface area contributed by atoms with E-state index in [4.69, 9.17) is 18.9 Å². The number of allylic oxidation sites excluding steroid dienone is 1. The fourth-order valence-corrected chi connectivity index (χ4v) is 13.0. The Bertz CT molecular complexity index is 3520. The highest BCUT2D eigenvalue weighted by Crippen LogP contribution is 2.47. The molecule has 78 heavy (non-hydrogen) atoms. The Labute approximate surface area is 456 Å². The molecule has 1 aliphatic carbocycles. The lowest BCUT2D eigenvalue weighted by atomic mass is 9.73. The first-order valence-electron chi connectivity index (χ1n) is 26.1. The first-order chi connectivity index (χ1) is 37.3. The minimum atomic E-state index is -4.63. The number of halogens is 2. The Morgan fingerprint density at radius 1 is 1.03 bits per heavy atom. The fraction of sp³-hybridized carbons (Fsp3) is 0.393. The summed E-state index contributed by atoms with van der Waals surface area (Å²) in [6.07, 6.45) is 7.47. The Morgan fingerprint density at radius 2 is 1.85 bits per heavy atom. The van der Waals surface area contributed by atoms with Crippen molar-refractivity contribution in [3.8, 4) is 22.6 Å². The van der Waals surface area contributed by atoms with Crippen LogP contribution in [0.15, 0.2) is 101 Å². The fourth-order valence-electron chi connectivity index (χ4n) is 10.2. The van der Waals surface area contributed by atoms with Crippen LogP contribution in [-0.2, 0) is 31.0 Å². The lowest BCUT2D eigenvalue weighted by Crippen LogP contribution is -2.47. The molecule has 10 rings (SSSR count). The number of thiophene rings is 1. The lowest BCUT2D eigenvalue weighted by molar-refractivity contribution is -0.384. The molecule has 0 radical (unpaired) electrons. The maximum Gasteiger partial charge on any atom is 0.293 e. The summed E-state index contributed by atoms with van der Waals surface area (Å²) < 4.78 is 86.2. The van der Waals surface area contributed by atoms with Crippen molar-refractivity contribution in [2.24, 2.45) is 5.41 Å². The predicted octanol–water partition coefficient (Wildman–Crippen LogP) is 11.3. The van der Waals surface area contributed by atoms with Crippen molar-refractivity contribution < 1.29 is 45.9 Å². The molecule has 4 aromatic heterocycles. The van der Waals surface area contributed by atoms with Crippen molar-refractivity contribution in [3.05, 3.63) is 128 Å². The third-order valence-corrected chi connectivity index (χ3v) is 18.6. The normalized spacial score (nSPS) is 17.5. The number of nitro groups is 1. The van der Waals surface area contributed by atoms with Gasteiger partial charge in [-0.3, -0.25) is 19.8 Å². The standard InChI is InChI=1S/C56H64F2N8O9S2Si/c1-56(2)13-10-37(45(29-56)51-25-38(34-76-51)52-47(58)28-46(57)43-12-15-65(53(43)52)35-73-22-23-78(3,4)5)32-63-16-18-64(19-17-63)39-6-8-44(50(26-39)75-40-24-36-11-14-59-54(36)61-30-40)55(67)62-77(70,71)42-7-9-48(49(27-42)66(68)69)60-31-41-33-72-20-21-74-41/h6-9,11-12,14-15,24-28,30,34,41,60H,10,13,16-23,29,31-33,35H2,1-5H3,(H,59,61)(H,62,67). The highest BCUT2D eigenvalue weighted by molar-refractivity contribution is 7.90. The van der Waals surface area contributed by atoms with Crippen molar-refractivity contribution in [2.45, 2.75) is 76.5 Å². The second kappa shape index (κ2) is 22.7. The van der Waals surface area contributed by atoms with Crippen LogP contribution in [0.2, 0.25) is 25.7 Å². The monoisotopic (exact) mass is 1120 g/mol. The molecule has 7 aromatic rings. The molecule has 1 unspecified atom stereocenters. The molecule has 0 bridgehead atoms. The number of hydrogen-bond acceptors (Lipinski definition) is 14. The van der Waals surface area contributed by atoms with Crippen LogP contribution in [0.3, 0.4) is 0 Å². The molecule has 22 heteroatoms. The number of sulfonamides is 1. The van der Waals surface area contributed by atoms with Crippen LogP contribution < -0.4 is 19.7 Å². The van der Waals surface area contributed by atoms with E-state index in [0.717, 1.165) is 73.0 Å². The van der Waals surface area contributed by atoms with E-state index in [1.807, 2.05) is 16.0 Å². The van der Waals surface area contributed by atoms with Gasteiger partial charge in [-0.2, -0.15) is 0 Å². The van der Waals surface area contributed by atoms with Crippen molar-refractivity contribution in [2.75, 3.05) is 75.9 Å². The zero-order chi connectivity index (χ0) is 54.9. The number of pyridine rings is 1. The van der Waals surface area contributed by atoms with Crippen LogP contribution in [-0.4, -0.2) is 119 Å². The number of rotatable bonds is 19. The molecule has 1 atom stereocenters. The van der Waals surface area contributed by atoms with E-state index in [1.165, 1.54) is 35.5 Å². The zero-order valence-electron chi connectivity index (χ0n) is 44.3. The molecule has 3 N–H and O–H groups in total. The first-order valence-corrected chi connectivity index (χ1v) is 32.2. The average molecular weight is 1120 g/mol. The summed E-state index contributed by atoms with van der Waals surface area (Å²) in [6, 6.07) is 17.6. The average Bonchev–Trinajstić information content (AvgIpc) is 4.24. The molecule has 2 saturated heterocycles. The highest BCUT2D eigenvalue weighted by Gasteiger charge is 2.32. The number of carbonyl (C=O) groups is 1. The van der Waals surface area contributed by atoms with Crippen LogP contribution in [0.25, 0.3) is 38.6 Å². The summed E-state index contributed by atoms with van der Waals surface area (Å²) >= 11 is 1.59. The number of nitrogens with zero attached hydrogens (tertiary/aromatic N) is 5. The molecule has 3 aromatic carbocycles. The minimum Gasteiger partial charge on any atom is -0.455 e. The topological polar surface area (TPSA) is 195 Å². The van der Waals surface area contributed by atoms with E-state index in [9.17, 15) is 23.3 Å². The van der Waals surface area contributed by atoms with E-state index in [-0.39, 0.29) is 41.8 Å². The van der Waals surface area contributed by atoms with Crippen molar-refractivity contribution >= 4 is 79.9 Å². The van der Waals surface area contributed by atoms with Gasteiger partial charge in [-0.15, -0.1) is 11.3 Å². The number of aromatic amines is 1. The van der Waals surface area contributed by atoms with Gasteiger partial charge in [0, 0.05) is 111 Å². The Balaban J connectivity index is 0.862. The van der Waals surface area contributed by atoms with Gasteiger partial charge in [-0.1, -0.05) is 39.1 Å². The number of ether oxygens (including phenoxy) is 4. The van der Waals surface area contributed by atoms with Gasteiger partial charge in [0.1, 0.15) is 41.2 Å². The minimum absolute atomic E-state index is 0.0549. The SMILES string of the molecule is CC1(C)CCC(CN2CCN(c3ccc(C(=O)NS(=O)(=O)c4ccc(NCC5COCCO5)c([N+](=O)[O-])c4)c(Oc4cnc5[nH]ccc5c4)c3)CC2)=C(c2cc(-c3c(F)cc(F)c4ccn(COCC[Si](C)(C)C)c34)cs2)C1. The predicted molar refractivity (Wildman–Crippen MR) is 302 cm³/mol. The largest absolute Gasteiger partial charge is 0.455 e. The van der Waals surface area contributed by atoms with E-state index < -0.39 is 51.1 Å². The number of nitrogens with one attached hydrogen (secondary N) is 3. The number of H-pyrrole nitrogens is 1. The molecule has 3 aliphatic rings. The maximum atomic E-state index is 16.0. The molecule has 17 nitrogen and oxygen atoms in total. The summed E-state index contributed by atoms with van der Waals surface area (Å²) in [5, 5.41) is 18.2. The molecule has 412 valence electrons. The van der Waals surface area contributed by atoms with Gasteiger partial charge in [0.25, 0.3) is 21.6 Å². The van der Waals surface area contributed by atoms with Gasteiger partial charge in [0.15, 0.2) is 0 Å². The first kappa shape index (κ1) is 54.8. The Kier molecular flexibility index (Phi) is 15.9. The third kappa shape index (κ3) is 12.5. The Hall–Kier alpha value is -6.53. The number of amides is 1. The number of piperazine rings is 1. The van der Waals surface area contributed by atoms with E-state index >= 15 is 8.78 Å². The second-order valence-electron chi connectivity index (χ2n) is 22.2. The van der Waals surface area contributed by atoms with Crippen molar-refractivity contribution in [1.82, 2.24) is 24.2 Å². The molecule has 6 heterocycles. The van der Waals surface area contributed by atoms with E-state index in [0.29, 0.717) is 72.9 Å². The van der Waals surface area contributed by atoms with Crippen molar-refractivity contribution in [3.63, 3.8) is 0 Å². The van der Waals surface area contributed by atoms with Gasteiger partial charge in [-0.25, -0.2) is 26.9 Å². The number of anilines is 2. The molecule has 1 amide bonds. The van der Waals surface area contributed by atoms with Gasteiger partial charge >= 0.3 is 0 Å². The molecule has 0 spiro atoms. The summed E-state index contributed by atoms with van der Waals surface area (Å²) in [5.74, 6) is -1.83. The van der Waals surface area contributed by atoms with Gasteiger partial charge < -0.3 is 38.7 Å². The second-order valence-corrected chi connectivity index (χ2v) is 30.4. The number of hydrogen-bond donors (Lipinski definition) is 3. The van der Waals surface area contributed by atoms with Crippen LogP contribution in [0, 0.1) is 27.2 Å². The highest BCUT2D eigenvalue weighted by atomic mass is 32.2. The smallest absolute Gasteiger partial charge is 0.293 e. The number of carbonyl (C=O) groups excluding carboxylic acids is 1. The van der Waals surface area contributed by atoms with Gasteiger partial charge in [0.2, 0.25) is 0 Å². The summed E-state index contributed by atoms with van der Waals surface area (Å²) in [7, 11) is -5.97. The van der Waals surface area contributed by atoms with Crippen LogP contribution in [0.4, 0.5) is 25.8 Å². The molecule has 0 saturated carbocycles. The van der Waals surface area contributed by atoms with Gasteiger partial charge in [0.05, 0.1) is 53.0 Å². The third-order valence-electron chi connectivity index (χ3n) is 14.6. The molecule has 2 fully saturated rings. The molecular weight excluding hydrogens is 1060 g/mol. The van der Waals surface area contributed by atoms with Crippen LogP contribution in [0.1, 0.15) is 48.3 Å². The quantitative estimate of drug-likeness (QED) is 0.0300. The summed E-state index contributed by atoms with van der Waals surface area (Å²) in [6.45, 7) is 17.0. The lowest BCUT2D eigenvalue weighted by Gasteiger charge is -2.39. The molecular formula is C56H64F2N8O9S2Si. The number of fused-ring (bicyclic) bond motifs is 2. The van der Waals surface area contributed by atoms with Crippen LogP contribution >= 0.6 is 11.3 Å². The number of aromatic nitrogens is 3. The number of nitro benzene ring substituents is 1. The number of benzene rings is 3. The zero-order valence-corrected chi connectivity index (χ0v) is 47.0. The van der Waals surface area contributed by atoms with Crippen LogP contribution in [0.5, 0.6) is 11.5 Å². The Morgan fingerprint density at radius 3 is 2.62 bits per heavy atom.